The molecule has 1 atom stereocenters. The van der Waals surface area contributed by atoms with Gasteiger partial charge in [0.1, 0.15) is 6.04 Å². The Morgan fingerprint density at radius 2 is 1.91 bits per heavy atom. The van der Waals surface area contributed by atoms with E-state index < -0.39 is 0 Å². The average molecular weight is 148 g/mol. The summed E-state index contributed by atoms with van der Waals surface area (Å²) in [7, 11) is 0. The summed E-state index contributed by atoms with van der Waals surface area (Å²) in [6.07, 6.45) is 0. The zero-order valence-corrected chi connectivity index (χ0v) is 5.87. The first-order valence-corrected chi connectivity index (χ1v) is 3.48. The Hall–Kier alpha value is -1.35. The molecule has 1 amide bonds. The highest BCUT2D eigenvalue weighted by atomic mass is 16.2. The zero-order chi connectivity index (χ0) is 7.68. The minimum absolute atomic E-state index is 0.0381. The van der Waals surface area contributed by atoms with Crippen LogP contribution in [0.3, 0.4) is 0 Å². The third-order valence-corrected chi connectivity index (χ3v) is 1.73. The maximum absolute atomic E-state index is 10.9. The summed E-state index contributed by atoms with van der Waals surface area (Å²) in [6.45, 7) is 0. The van der Waals surface area contributed by atoms with E-state index >= 15 is 0 Å². The Balaban J connectivity index is 2.23. The standard InChI is InChI=1S/C8H8N2O/c11-8-7(9-10-8)6-4-2-1-3-5-6/h1-5,7,9H,(H,10,11). The lowest BCUT2D eigenvalue weighted by molar-refractivity contribution is -0.132. The van der Waals surface area contributed by atoms with Gasteiger partial charge in [0, 0.05) is 0 Å². The average Bonchev–Trinajstić information content (AvgIpc) is 2.04. The van der Waals surface area contributed by atoms with Gasteiger partial charge in [0.2, 0.25) is 0 Å². The maximum atomic E-state index is 10.9. The van der Waals surface area contributed by atoms with Crippen molar-refractivity contribution in [3.8, 4) is 0 Å². The predicted molar refractivity (Wildman–Crippen MR) is 40.5 cm³/mol. The lowest BCUT2D eigenvalue weighted by atomic mass is 10.1. The second-order valence-corrected chi connectivity index (χ2v) is 2.48. The number of hydrazine groups is 1. The van der Waals surface area contributed by atoms with Gasteiger partial charge in [-0.3, -0.25) is 10.2 Å². The second kappa shape index (κ2) is 2.36. The lowest BCUT2D eigenvalue weighted by Crippen LogP contribution is -2.57. The first-order chi connectivity index (χ1) is 5.38. The topological polar surface area (TPSA) is 41.1 Å². The van der Waals surface area contributed by atoms with Crippen molar-refractivity contribution in [2.75, 3.05) is 0 Å². The molecule has 1 saturated heterocycles. The van der Waals surface area contributed by atoms with Crippen molar-refractivity contribution in [1.82, 2.24) is 10.9 Å². The molecule has 1 aliphatic rings. The Kier molecular flexibility index (Phi) is 1.36. The molecule has 0 aromatic heterocycles. The van der Waals surface area contributed by atoms with Gasteiger partial charge < -0.3 is 0 Å². The minimum Gasteiger partial charge on any atom is -0.289 e. The zero-order valence-electron chi connectivity index (χ0n) is 5.87. The van der Waals surface area contributed by atoms with Crippen LogP contribution in [-0.4, -0.2) is 5.91 Å². The van der Waals surface area contributed by atoms with E-state index in [-0.39, 0.29) is 11.9 Å². The molecule has 2 rings (SSSR count). The van der Waals surface area contributed by atoms with Crippen LogP contribution < -0.4 is 10.9 Å². The summed E-state index contributed by atoms with van der Waals surface area (Å²) in [5, 5.41) is 0. The van der Waals surface area contributed by atoms with Crippen molar-refractivity contribution in [3.63, 3.8) is 0 Å². The van der Waals surface area contributed by atoms with Gasteiger partial charge in [-0.05, 0) is 5.56 Å². The number of rotatable bonds is 1. The number of carbonyl (C=O) groups is 1. The smallest absolute Gasteiger partial charge is 0.257 e. The van der Waals surface area contributed by atoms with Gasteiger partial charge in [-0.25, -0.2) is 5.43 Å². The molecule has 1 aliphatic heterocycles. The molecule has 1 unspecified atom stereocenters. The third-order valence-electron chi connectivity index (χ3n) is 1.73. The molecule has 1 heterocycles. The van der Waals surface area contributed by atoms with E-state index in [1.807, 2.05) is 30.3 Å². The van der Waals surface area contributed by atoms with Crippen LogP contribution in [0.15, 0.2) is 30.3 Å². The van der Waals surface area contributed by atoms with Crippen LogP contribution in [0.5, 0.6) is 0 Å². The molecule has 0 spiro atoms. The van der Waals surface area contributed by atoms with Crippen molar-refractivity contribution in [2.45, 2.75) is 6.04 Å². The minimum atomic E-state index is -0.142. The third kappa shape index (κ3) is 0.991. The Morgan fingerprint density at radius 3 is 2.36 bits per heavy atom. The van der Waals surface area contributed by atoms with E-state index in [2.05, 4.69) is 10.9 Å². The van der Waals surface area contributed by atoms with Crippen molar-refractivity contribution >= 4 is 5.91 Å². The quantitative estimate of drug-likeness (QED) is 0.603. The molecular weight excluding hydrogens is 140 g/mol. The number of benzene rings is 1. The van der Waals surface area contributed by atoms with Crippen LogP contribution in [0.25, 0.3) is 0 Å². The molecule has 56 valence electrons. The van der Waals surface area contributed by atoms with Gasteiger partial charge in [0.15, 0.2) is 0 Å². The molecule has 2 N–H and O–H groups in total. The molecular formula is C8H8N2O. The maximum Gasteiger partial charge on any atom is 0.257 e. The van der Waals surface area contributed by atoms with E-state index in [9.17, 15) is 4.79 Å². The molecule has 0 radical (unpaired) electrons. The van der Waals surface area contributed by atoms with E-state index in [1.54, 1.807) is 0 Å². The van der Waals surface area contributed by atoms with Crippen LogP contribution in [0.2, 0.25) is 0 Å². The van der Waals surface area contributed by atoms with Crippen molar-refractivity contribution in [3.05, 3.63) is 35.9 Å². The summed E-state index contributed by atoms with van der Waals surface area (Å²) >= 11 is 0. The molecule has 0 aliphatic carbocycles. The highest BCUT2D eigenvalue weighted by Gasteiger charge is 2.27. The summed E-state index contributed by atoms with van der Waals surface area (Å²) in [5.74, 6) is 0.0381. The van der Waals surface area contributed by atoms with E-state index in [4.69, 9.17) is 0 Å². The Labute approximate surface area is 64.4 Å². The fourth-order valence-corrected chi connectivity index (χ4v) is 1.08. The molecule has 1 aromatic rings. The van der Waals surface area contributed by atoms with Crippen LogP contribution >= 0.6 is 0 Å². The SMILES string of the molecule is O=C1NNC1c1ccccc1. The largest absolute Gasteiger partial charge is 0.289 e. The van der Waals surface area contributed by atoms with E-state index in [0.29, 0.717) is 0 Å². The number of hydrogen-bond acceptors (Lipinski definition) is 2. The summed E-state index contributed by atoms with van der Waals surface area (Å²) < 4.78 is 0. The van der Waals surface area contributed by atoms with Gasteiger partial charge in [-0.1, -0.05) is 30.3 Å². The molecule has 1 aromatic carbocycles. The fraction of sp³-hybridized carbons (Fsp3) is 0.125. The summed E-state index contributed by atoms with van der Waals surface area (Å²) in [5.41, 5.74) is 6.29. The number of carbonyl (C=O) groups excluding carboxylic acids is 1. The molecule has 11 heavy (non-hydrogen) atoms. The number of nitrogens with one attached hydrogen (secondary N) is 2. The molecule has 1 fully saturated rings. The highest BCUT2D eigenvalue weighted by molar-refractivity contribution is 5.87. The van der Waals surface area contributed by atoms with Gasteiger partial charge in [-0.2, -0.15) is 0 Å². The van der Waals surface area contributed by atoms with E-state index in [1.165, 1.54) is 0 Å². The fourth-order valence-electron chi connectivity index (χ4n) is 1.08. The molecule has 3 nitrogen and oxygen atoms in total. The number of amides is 1. The van der Waals surface area contributed by atoms with Crippen molar-refractivity contribution < 1.29 is 4.79 Å². The molecule has 3 heteroatoms. The van der Waals surface area contributed by atoms with Crippen LogP contribution in [0.1, 0.15) is 11.6 Å². The van der Waals surface area contributed by atoms with Crippen molar-refractivity contribution in [1.29, 1.82) is 0 Å². The predicted octanol–water partition coefficient (Wildman–Crippen LogP) is 0.362. The summed E-state index contributed by atoms with van der Waals surface area (Å²) in [4.78, 5) is 10.9. The van der Waals surface area contributed by atoms with Gasteiger partial charge >= 0.3 is 0 Å². The van der Waals surface area contributed by atoms with Crippen LogP contribution in [0, 0.1) is 0 Å². The molecule has 0 saturated carbocycles. The van der Waals surface area contributed by atoms with Crippen molar-refractivity contribution in [2.24, 2.45) is 0 Å². The lowest BCUT2D eigenvalue weighted by Gasteiger charge is -2.27. The first-order valence-electron chi connectivity index (χ1n) is 3.48. The van der Waals surface area contributed by atoms with Gasteiger partial charge in [0.25, 0.3) is 5.91 Å². The first kappa shape index (κ1) is 6.37. The monoisotopic (exact) mass is 148 g/mol. The van der Waals surface area contributed by atoms with Crippen LogP contribution in [-0.2, 0) is 4.79 Å². The normalized spacial score (nSPS) is 22.2. The number of hydrogen-bond donors (Lipinski definition) is 2. The Morgan fingerprint density at radius 1 is 1.18 bits per heavy atom. The van der Waals surface area contributed by atoms with E-state index in [0.717, 1.165) is 5.56 Å². The van der Waals surface area contributed by atoms with Gasteiger partial charge in [-0.15, -0.1) is 0 Å². The highest BCUT2D eigenvalue weighted by Crippen LogP contribution is 2.15. The summed E-state index contributed by atoms with van der Waals surface area (Å²) in [6, 6.07) is 9.48. The van der Waals surface area contributed by atoms with Crippen LogP contribution in [0.4, 0.5) is 0 Å². The van der Waals surface area contributed by atoms with Gasteiger partial charge in [0.05, 0.1) is 0 Å². The second-order valence-electron chi connectivity index (χ2n) is 2.48. The Bertz CT molecular complexity index is 271. The molecule has 0 bridgehead atoms.